The molecule has 1 nitrogen and oxygen atoms in total. The predicted molar refractivity (Wildman–Crippen MR) is 42.8 cm³/mol. The Labute approximate surface area is 89.6 Å². The van der Waals surface area contributed by atoms with Gasteiger partial charge in [0.1, 0.15) is 0 Å². The molecule has 0 amide bonds. The van der Waals surface area contributed by atoms with Crippen molar-refractivity contribution in [1.29, 1.82) is 0 Å². The molecule has 88 valence electrons. The molecule has 0 saturated carbocycles. The normalized spacial score (nSPS) is 12.6. The first-order valence-corrected chi connectivity index (χ1v) is 4.48. The van der Waals surface area contributed by atoms with Crippen molar-refractivity contribution < 1.29 is 30.6 Å². The maximum absolute atomic E-state index is 12.2. The van der Waals surface area contributed by atoms with Crippen molar-refractivity contribution >= 4 is 11.7 Å². The Bertz CT molecular complexity index is 376. The minimum Gasteiger partial charge on any atom is -0.166 e. The smallest absolute Gasteiger partial charge is 0.166 e. The van der Waals surface area contributed by atoms with E-state index in [1.54, 1.807) is 0 Å². The van der Waals surface area contributed by atoms with Crippen LogP contribution >= 0.6 is 0 Å². The highest BCUT2D eigenvalue weighted by atomic mass is 32.1. The van der Waals surface area contributed by atoms with Gasteiger partial charge in [0.05, 0.1) is 11.1 Å². The average Bonchev–Trinajstić information content (AvgIpc) is 2.14. The standard InChI is InChI=1S/C8H3F6OS/c9-7(10,11)4-1-5(8(12,13)14)3-6(2-4)16-15/h1-3H/q+1. The molecule has 0 unspecified atom stereocenters. The number of rotatable bonds is 1. The molecule has 0 aromatic heterocycles. The Kier molecular flexibility index (Phi) is 3.22. The van der Waals surface area contributed by atoms with E-state index < -0.39 is 40.0 Å². The second-order valence-corrected chi connectivity index (χ2v) is 3.46. The Morgan fingerprint density at radius 3 is 1.44 bits per heavy atom. The lowest BCUT2D eigenvalue weighted by Gasteiger charge is -2.09. The van der Waals surface area contributed by atoms with Gasteiger partial charge in [0.2, 0.25) is 0 Å². The van der Waals surface area contributed by atoms with Crippen molar-refractivity contribution in [2.45, 2.75) is 17.2 Å². The van der Waals surface area contributed by atoms with Gasteiger partial charge in [0.15, 0.2) is 0 Å². The monoisotopic (exact) mass is 261 g/mol. The van der Waals surface area contributed by atoms with Gasteiger partial charge in [-0.25, -0.2) is 0 Å². The third kappa shape index (κ3) is 2.91. The zero-order chi connectivity index (χ0) is 12.6. The fraction of sp³-hybridized carbons (Fsp3) is 0.250. The Hall–Kier alpha value is -1.18. The average molecular weight is 261 g/mol. The van der Waals surface area contributed by atoms with E-state index in [1.807, 2.05) is 0 Å². The molecule has 0 aliphatic carbocycles. The summed E-state index contributed by atoms with van der Waals surface area (Å²) in [4.78, 5) is -0.623. The summed E-state index contributed by atoms with van der Waals surface area (Å²) in [5.74, 6) is 0. The molecule has 8 heteroatoms. The first-order valence-electron chi connectivity index (χ1n) is 3.74. The maximum Gasteiger partial charge on any atom is 0.505 e. The van der Waals surface area contributed by atoms with Crippen LogP contribution in [0.1, 0.15) is 11.1 Å². The maximum atomic E-state index is 12.2. The van der Waals surface area contributed by atoms with Gasteiger partial charge < -0.3 is 0 Å². The molecular formula is C8H3F6OS+. The molecule has 0 N–H and O–H groups in total. The number of hydrogen-bond donors (Lipinski definition) is 0. The lowest BCUT2D eigenvalue weighted by molar-refractivity contribution is -0.143. The molecular weight excluding hydrogens is 258 g/mol. The summed E-state index contributed by atoms with van der Waals surface area (Å²) in [7, 11) is 0. The molecule has 0 radical (unpaired) electrons. The van der Waals surface area contributed by atoms with E-state index in [4.69, 9.17) is 0 Å². The summed E-state index contributed by atoms with van der Waals surface area (Å²) in [6.45, 7) is 0. The number of hydrogen-bond acceptors (Lipinski definition) is 1. The number of halogens is 6. The zero-order valence-corrected chi connectivity index (χ0v) is 8.13. The Morgan fingerprint density at radius 1 is 0.812 bits per heavy atom. The molecule has 0 atom stereocenters. The minimum atomic E-state index is -4.91. The van der Waals surface area contributed by atoms with Crippen LogP contribution in [0.5, 0.6) is 0 Å². The van der Waals surface area contributed by atoms with Crippen LogP contribution in [0.3, 0.4) is 0 Å². The molecule has 0 heterocycles. The van der Waals surface area contributed by atoms with Crippen LogP contribution in [-0.2, 0) is 28.2 Å². The van der Waals surface area contributed by atoms with Crippen molar-refractivity contribution in [1.82, 2.24) is 0 Å². The SMILES string of the molecule is O=[S+]c1cc(C(F)(F)F)cc(C(F)(F)F)c1. The first-order chi connectivity index (χ1) is 7.14. The second-order valence-electron chi connectivity index (χ2n) is 2.82. The zero-order valence-electron chi connectivity index (χ0n) is 7.32. The lowest BCUT2D eigenvalue weighted by atomic mass is 10.1. The highest BCUT2D eigenvalue weighted by molar-refractivity contribution is 7.65. The van der Waals surface area contributed by atoms with Gasteiger partial charge in [-0.05, 0) is 6.07 Å². The van der Waals surface area contributed by atoms with Gasteiger partial charge in [0, 0.05) is 16.3 Å². The van der Waals surface area contributed by atoms with Crippen molar-refractivity contribution in [3.63, 3.8) is 0 Å². The topological polar surface area (TPSA) is 17.1 Å². The summed E-state index contributed by atoms with van der Waals surface area (Å²) < 4.78 is 83.4. The highest BCUT2D eigenvalue weighted by Gasteiger charge is 2.38. The van der Waals surface area contributed by atoms with Crippen LogP contribution in [0, 0.1) is 0 Å². The number of alkyl halides is 6. The number of benzene rings is 1. The molecule has 1 aromatic rings. The third-order valence-corrected chi connectivity index (χ3v) is 2.09. The van der Waals surface area contributed by atoms with Gasteiger partial charge in [-0.15, -0.1) is 0 Å². The largest absolute Gasteiger partial charge is 0.505 e. The third-order valence-electron chi connectivity index (χ3n) is 1.66. The molecule has 0 aliphatic heterocycles. The van der Waals surface area contributed by atoms with E-state index in [-0.39, 0.29) is 6.07 Å². The second kappa shape index (κ2) is 4.00. The molecule has 0 spiro atoms. The van der Waals surface area contributed by atoms with Crippen molar-refractivity contribution in [2.75, 3.05) is 0 Å². The van der Waals surface area contributed by atoms with Gasteiger partial charge >= 0.3 is 24.0 Å². The Morgan fingerprint density at radius 2 is 1.19 bits per heavy atom. The summed E-state index contributed by atoms with van der Waals surface area (Å²) in [6.07, 6.45) is -9.82. The lowest BCUT2D eigenvalue weighted by Crippen LogP contribution is -2.11. The van der Waals surface area contributed by atoms with E-state index in [0.29, 0.717) is 12.1 Å². The summed E-state index contributed by atoms with van der Waals surface area (Å²) in [5, 5.41) is 0. The van der Waals surface area contributed by atoms with Crippen LogP contribution < -0.4 is 0 Å². The van der Waals surface area contributed by atoms with Gasteiger partial charge in [-0.3, -0.25) is 0 Å². The first kappa shape index (κ1) is 12.9. The van der Waals surface area contributed by atoms with E-state index in [2.05, 4.69) is 0 Å². The molecule has 0 aliphatic rings. The van der Waals surface area contributed by atoms with Gasteiger partial charge in [-0.1, -0.05) is 0 Å². The summed E-state index contributed by atoms with van der Waals surface area (Å²) in [6, 6.07) is 0.736. The van der Waals surface area contributed by atoms with E-state index in [9.17, 15) is 30.6 Å². The van der Waals surface area contributed by atoms with Crippen molar-refractivity contribution in [3.8, 4) is 0 Å². The van der Waals surface area contributed by atoms with Crippen molar-refractivity contribution in [3.05, 3.63) is 29.3 Å². The fourth-order valence-corrected chi connectivity index (χ4v) is 1.32. The van der Waals surface area contributed by atoms with E-state index in [1.165, 1.54) is 0 Å². The Balaban J connectivity index is 3.39. The molecule has 0 saturated heterocycles. The summed E-state index contributed by atoms with van der Waals surface area (Å²) >= 11 is -0.421. The molecule has 0 bridgehead atoms. The molecule has 1 rings (SSSR count). The fourth-order valence-electron chi connectivity index (χ4n) is 0.974. The molecule has 1 aromatic carbocycles. The quantitative estimate of drug-likeness (QED) is 0.558. The van der Waals surface area contributed by atoms with Crippen LogP contribution in [0.15, 0.2) is 23.1 Å². The van der Waals surface area contributed by atoms with Gasteiger partial charge in [-0.2, -0.15) is 26.3 Å². The minimum absolute atomic E-state index is 0.0281. The molecule has 16 heavy (non-hydrogen) atoms. The van der Waals surface area contributed by atoms with Crippen LogP contribution in [0.25, 0.3) is 0 Å². The van der Waals surface area contributed by atoms with Crippen LogP contribution in [0.4, 0.5) is 26.3 Å². The molecule has 0 fully saturated rings. The van der Waals surface area contributed by atoms with Crippen molar-refractivity contribution in [2.24, 2.45) is 0 Å². The van der Waals surface area contributed by atoms with E-state index in [0.717, 1.165) is 0 Å². The highest BCUT2D eigenvalue weighted by Crippen LogP contribution is 2.36. The predicted octanol–water partition coefficient (Wildman–Crippen LogP) is 3.51. The van der Waals surface area contributed by atoms with E-state index >= 15 is 0 Å². The van der Waals surface area contributed by atoms with Crippen LogP contribution in [0.2, 0.25) is 0 Å². The summed E-state index contributed by atoms with van der Waals surface area (Å²) in [5.41, 5.74) is -2.97. The van der Waals surface area contributed by atoms with Crippen LogP contribution in [-0.4, -0.2) is 0 Å². The van der Waals surface area contributed by atoms with Gasteiger partial charge in [0.25, 0.3) is 4.90 Å².